The average Bonchev–Trinajstić information content (AvgIpc) is 2.34. The lowest BCUT2D eigenvalue weighted by Gasteiger charge is -2.22. The molecule has 0 radical (unpaired) electrons. The lowest BCUT2D eigenvalue weighted by molar-refractivity contribution is 0.116. The molecule has 0 aliphatic heterocycles. The van der Waals surface area contributed by atoms with E-state index in [4.69, 9.17) is 15.9 Å². The van der Waals surface area contributed by atoms with Crippen molar-refractivity contribution in [1.82, 2.24) is 0 Å². The second-order valence-electron chi connectivity index (χ2n) is 4.82. The number of nitrogens with two attached hydrogens (primary N) is 1. The van der Waals surface area contributed by atoms with E-state index in [-0.39, 0.29) is 5.84 Å². The van der Waals surface area contributed by atoms with Gasteiger partial charge < -0.3 is 15.4 Å². The molecule has 4 nitrogen and oxygen atoms in total. The number of hydrogen-bond acceptors (Lipinski definition) is 3. The van der Waals surface area contributed by atoms with Gasteiger partial charge in [-0.2, -0.15) is 0 Å². The summed E-state index contributed by atoms with van der Waals surface area (Å²) in [6.45, 7) is 6.52. The van der Waals surface area contributed by atoms with Gasteiger partial charge in [-0.05, 0) is 18.1 Å². The molecule has 0 amide bonds. The van der Waals surface area contributed by atoms with E-state index in [2.05, 4.69) is 18.7 Å². The van der Waals surface area contributed by atoms with Crippen LogP contribution in [0, 0.1) is 11.3 Å². The molecule has 3 N–H and O–H groups in total. The quantitative estimate of drug-likeness (QED) is 0.442. The standard InChI is InChI=1S/C14H23N3O/c1-11(2)10-18-9-8-17(3)13-7-5-4-6-12(13)14(15)16/h4-7,11H,8-10H2,1-3H3,(H3,15,16). The van der Waals surface area contributed by atoms with E-state index in [1.165, 1.54) is 0 Å². The number of likely N-dealkylation sites (N-methyl/N-ethyl adjacent to an activating group) is 1. The zero-order chi connectivity index (χ0) is 13.5. The van der Waals surface area contributed by atoms with Crippen molar-refractivity contribution in [3.8, 4) is 0 Å². The van der Waals surface area contributed by atoms with Crippen LogP contribution in [0.5, 0.6) is 0 Å². The lowest BCUT2D eigenvalue weighted by atomic mass is 10.1. The number of para-hydroxylation sites is 1. The van der Waals surface area contributed by atoms with Gasteiger partial charge in [0.25, 0.3) is 0 Å². The Hall–Kier alpha value is -1.55. The number of benzene rings is 1. The van der Waals surface area contributed by atoms with Gasteiger partial charge in [0.2, 0.25) is 0 Å². The van der Waals surface area contributed by atoms with Crippen LogP contribution in [0.4, 0.5) is 5.69 Å². The molecule has 0 atom stereocenters. The van der Waals surface area contributed by atoms with Crippen molar-refractivity contribution in [1.29, 1.82) is 5.41 Å². The Bertz CT molecular complexity index is 390. The highest BCUT2D eigenvalue weighted by Crippen LogP contribution is 2.18. The average molecular weight is 249 g/mol. The van der Waals surface area contributed by atoms with Crippen molar-refractivity contribution in [3.05, 3.63) is 29.8 Å². The molecule has 18 heavy (non-hydrogen) atoms. The fraction of sp³-hybridized carbons (Fsp3) is 0.500. The maximum Gasteiger partial charge on any atom is 0.124 e. The number of nitrogen functional groups attached to an aromatic ring is 1. The van der Waals surface area contributed by atoms with E-state index in [0.717, 1.165) is 24.4 Å². The van der Waals surface area contributed by atoms with Crippen LogP contribution in [-0.2, 0) is 4.74 Å². The Balaban J connectivity index is 2.56. The molecule has 0 fully saturated rings. The third-order valence-electron chi connectivity index (χ3n) is 2.63. The Morgan fingerprint density at radius 3 is 2.67 bits per heavy atom. The normalized spacial score (nSPS) is 10.7. The summed E-state index contributed by atoms with van der Waals surface area (Å²) in [5, 5.41) is 7.56. The van der Waals surface area contributed by atoms with E-state index in [1.54, 1.807) is 0 Å². The maximum absolute atomic E-state index is 7.56. The van der Waals surface area contributed by atoms with Gasteiger partial charge in [0.05, 0.1) is 6.61 Å². The Morgan fingerprint density at radius 2 is 2.06 bits per heavy atom. The Morgan fingerprint density at radius 1 is 1.39 bits per heavy atom. The molecule has 4 heteroatoms. The van der Waals surface area contributed by atoms with Gasteiger partial charge in [-0.25, -0.2) is 0 Å². The largest absolute Gasteiger partial charge is 0.384 e. The third kappa shape index (κ3) is 4.37. The first-order valence-corrected chi connectivity index (χ1v) is 6.24. The monoisotopic (exact) mass is 249 g/mol. The second-order valence-corrected chi connectivity index (χ2v) is 4.82. The van der Waals surface area contributed by atoms with E-state index >= 15 is 0 Å². The molecule has 0 saturated carbocycles. The smallest absolute Gasteiger partial charge is 0.124 e. The molecule has 0 bridgehead atoms. The molecule has 0 aromatic heterocycles. The number of rotatable bonds is 7. The summed E-state index contributed by atoms with van der Waals surface area (Å²) >= 11 is 0. The van der Waals surface area contributed by atoms with Gasteiger partial charge in [0.1, 0.15) is 5.84 Å². The molecule has 0 unspecified atom stereocenters. The van der Waals surface area contributed by atoms with E-state index in [9.17, 15) is 0 Å². The van der Waals surface area contributed by atoms with Crippen molar-refractivity contribution < 1.29 is 4.74 Å². The van der Waals surface area contributed by atoms with Crippen LogP contribution in [0.15, 0.2) is 24.3 Å². The summed E-state index contributed by atoms with van der Waals surface area (Å²) < 4.78 is 5.56. The van der Waals surface area contributed by atoms with E-state index in [0.29, 0.717) is 12.5 Å². The predicted octanol–water partition coefficient (Wildman–Crippen LogP) is 2.08. The number of amidine groups is 1. The fourth-order valence-electron chi connectivity index (χ4n) is 1.68. The molecule has 0 saturated heterocycles. The molecule has 0 aliphatic carbocycles. The minimum absolute atomic E-state index is 0.0977. The van der Waals surface area contributed by atoms with Crippen molar-refractivity contribution in [2.45, 2.75) is 13.8 Å². The highest BCUT2D eigenvalue weighted by atomic mass is 16.5. The van der Waals surface area contributed by atoms with Gasteiger partial charge in [-0.1, -0.05) is 26.0 Å². The first kappa shape index (κ1) is 14.5. The number of ether oxygens (including phenoxy) is 1. The van der Waals surface area contributed by atoms with Crippen LogP contribution >= 0.6 is 0 Å². The highest BCUT2D eigenvalue weighted by molar-refractivity contribution is 6.00. The summed E-state index contributed by atoms with van der Waals surface area (Å²) in [7, 11) is 1.99. The zero-order valence-electron chi connectivity index (χ0n) is 11.4. The summed E-state index contributed by atoms with van der Waals surface area (Å²) in [4.78, 5) is 2.07. The topological polar surface area (TPSA) is 62.3 Å². The summed E-state index contributed by atoms with van der Waals surface area (Å²) in [6, 6.07) is 7.68. The van der Waals surface area contributed by atoms with Gasteiger partial charge in [0.15, 0.2) is 0 Å². The van der Waals surface area contributed by atoms with Crippen LogP contribution in [0.2, 0.25) is 0 Å². The summed E-state index contributed by atoms with van der Waals surface area (Å²) in [5.41, 5.74) is 7.31. The first-order chi connectivity index (χ1) is 8.52. The number of hydrogen-bond donors (Lipinski definition) is 2. The molecule has 100 valence electrons. The second kappa shape index (κ2) is 7.01. The van der Waals surface area contributed by atoms with Crippen LogP contribution in [0.1, 0.15) is 19.4 Å². The predicted molar refractivity (Wildman–Crippen MR) is 76.4 cm³/mol. The van der Waals surface area contributed by atoms with E-state index in [1.807, 2.05) is 31.3 Å². The summed E-state index contributed by atoms with van der Waals surface area (Å²) in [5.74, 6) is 0.653. The fourth-order valence-corrected chi connectivity index (χ4v) is 1.68. The zero-order valence-corrected chi connectivity index (χ0v) is 11.4. The number of nitrogens with one attached hydrogen (secondary N) is 1. The molecule has 1 rings (SSSR count). The molecule has 1 aromatic carbocycles. The molecular weight excluding hydrogens is 226 g/mol. The van der Waals surface area contributed by atoms with Crippen molar-refractivity contribution in [2.24, 2.45) is 11.7 Å². The van der Waals surface area contributed by atoms with Gasteiger partial charge in [-0.3, -0.25) is 5.41 Å². The number of nitrogens with zero attached hydrogens (tertiary/aromatic N) is 1. The van der Waals surface area contributed by atoms with Crippen molar-refractivity contribution in [2.75, 3.05) is 31.7 Å². The number of anilines is 1. The van der Waals surface area contributed by atoms with Crippen molar-refractivity contribution in [3.63, 3.8) is 0 Å². The molecule has 1 aromatic rings. The lowest BCUT2D eigenvalue weighted by Crippen LogP contribution is -2.26. The van der Waals surface area contributed by atoms with Gasteiger partial charge in [0, 0.05) is 31.5 Å². The van der Waals surface area contributed by atoms with Crippen LogP contribution in [-0.4, -0.2) is 32.6 Å². The minimum Gasteiger partial charge on any atom is -0.384 e. The Labute approximate surface area is 109 Å². The molecule has 0 heterocycles. The maximum atomic E-state index is 7.56. The summed E-state index contributed by atoms with van der Waals surface area (Å²) in [6.07, 6.45) is 0. The van der Waals surface area contributed by atoms with Crippen LogP contribution < -0.4 is 10.6 Å². The minimum atomic E-state index is 0.0977. The third-order valence-corrected chi connectivity index (χ3v) is 2.63. The highest BCUT2D eigenvalue weighted by Gasteiger charge is 2.08. The molecule has 0 aliphatic rings. The van der Waals surface area contributed by atoms with Crippen molar-refractivity contribution >= 4 is 11.5 Å². The first-order valence-electron chi connectivity index (χ1n) is 6.24. The Kier molecular flexibility index (Phi) is 5.65. The SMILES string of the molecule is CC(C)COCCN(C)c1ccccc1C(=N)N. The van der Waals surface area contributed by atoms with Gasteiger partial charge in [-0.15, -0.1) is 0 Å². The van der Waals surface area contributed by atoms with Gasteiger partial charge >= 0.3 is 0 Å². The molecule has 0 spiro atoms. The molecular formula is C14H23N3O. The van der Waals surface area contributed by atoms with Crippen LogP contribution in [0.25, 0.3) is 0 Å². The van der Waals surface area contributed by atoms with Crippen LogP contribution in [0.3, 0.4) is 0 Å². The van der Waals surface area contributed by atoms with E-state index < -0.39 is 0 Å².